The van der Waals surface area contributed by atoms with Crippen LogP contribution in [0.1, 0.15) is 13.3 Å². The zero-order valence-electron chi connectivity index (χ0n) is 13.4. The number of halogens is 4. The van der Waals surface area contributed by atoms with Crippen molar-refractivity contribution in [1.82, 2.24) is 4.31 Å². The summed E-state index contributed by atoms with van der Waals surface area (Å²) in [4.78, 5) is 11.4. The Balaban J connectivity index is 2.24. The minimum Gasteiger partial charge on any atom is -0.392 e. The normalized spacial score (nSPS) is 21.4. The average Bonchev–Trinajstić information content (AvgIpc) is 2.95. The van der Waals surface area contributed by atoms with Gasteiger partial charge in [-0.05, 0) is 31.5 Å². The second-order valence-corrected chi connectivity index (χ2v) is 8.32. The maximum absolute atomic E-state index is 12.7. The summed E-state index contributed by atoms with van der Waals surface area (Å²) in [5, 5.41) is 20.3. The van der Waals surface area contributed by atoms with E-state index in [1.165, 1.54) is 0 Å². The quantitative estimate of drug-likeness (QED) is 0.686. The lowest BCUT2D eigenvalue weighted by molar-refractivity contribution is -0.242. The van der Waals surface area contributed by atoms with Crippen LogP contribution in [0.4, 0.5) is 18.9 Å². The third kappa shape index (κ3) is 3.96. The highest BCUT2D eigenvalue weighted by Gasteiger charge is 2.55. The van der Waals surface area contributed by atoms with Crippen LogP contribution in [-0.4, -0.2) is 59.8 Å². The standard InChI is InChI=1S/C14H16ClF3N2O5S/c1-13(23,14(16,17)18)12(22)19-11-3-2-9(6-10(11)15)26(24,25)20-5-4-8(21)7-20/h2-3,6,8,21,23H,4-5,7H2,1H3,(H,19,22)/t8?,13-/m1/s1. The fourth-order valence-corrected chi connectivity index (χ4v) is 4.02. The molecule has 0 spiro atoms. The summed E-state index contributed by atoms with van der Waals surface area (Å²) in [7, 11) is -3.94. The summed E-state index contributed by atoms with van der Waals surface area (Å²) >= 11 is 5.87. The van der Waals surface area contributed by atoms with E-state index < -0.39 is 33.8 Å². The number of amides is 1. The molecule has 0 saturated carbocycles. The van der Waals surface area contributed by atoms with Gasteiger partial charge in [-0.2, -0.15) is 17.5 Å². The van der Waals surface area contributed by atoms with Gasteiger partial charge in [0.15, 0.2) is 0 Å². The van der Waals surface area contributed by atoms with Gasteiger partial charge in [-0.15, -0.1) is 0 Å². The highest BCUT2D eigenvalue weighted by molar-refractivity contribution is 7.89. The maximum atomic E-state index is 12.7. The second-order valence-electron chi connectivity index (χ2n) is 5.97. The number of hydrogen-bond acceptors (Lipinski definition) is 5. The van der Waals surface area contributed by atoms with Gasteiger partial charge in [0.25, 0.3) is 5.91 Å². The summed E-state index contributed by atoms with van der Waals surface area (Å²) in [5.41, 5.74) is -3.94. The predicted molar refractivity (Wildman–Crippen MR) is 86.1 cm³/mol. The molecule has 12 heteroatoms. The molecule has 2 rings (SSSR count). The molecule has 1 heterocycles. The van der Waals surface area contributed by atoms with Crippen molar-refractivity contribution in [2.45, 2.75) is 36.1 Å². The van der Waals surface area contributed by atoms with Gasteiger partial charge in [0.2, 0.25) is 15.6 Å². The molecular formula is C14H16ClF3N2O5S. The molecule has 7 nitrogen and oxygen atoms in total. The van der Waals surface area contributed by atoms with Crippen molar-refractivity contribution < 1.29 is 36.6 Å². The van der Waals surface area contributed by atoms with Crippen molar-refractivity contribution in [3.8, 4) is 0 Å². The molecule has 0 bridgehead atoms. The first kappa shape index (κ1) is 20.9. The van der Waals surface area contributed by atoms with E-state index in [2.05, 4.69) is 0 Å². The molecule has 26 heavy (non-hydrogen) atoms. The summed E-state index contributed by atoms with van der Waals surface area (Å²) in [6.07, 6.45) is -5.69. The summed E-state index contributed by atoms with van der Waals surface area (Å²) in [6.45, 7) is 0.328. The van der Waals surface area contributed by atoms with Gasteiger partial charge < -0.3 is 15.5 Å². The molecule has 1 saturated heterocycles. The van der Waals surface area contributed by atoms with Crippen LogP contribution in [0.25, 0.3) is 0 Å². The van der Waals surface area contributed by atoms with Gasteiger partial charge in [-0.3, -0.25) is 4.79 Å². The van der Waals surface area contributed by atoms with E-state index in [0.717, 1.165) is 22.5 Å². The monoisotopic (exact) mass is 416 g/mol. The molecule has 0 radical (unpaired) electrons. The molecule has 1 aromatic rings. The number of hydrogen-bond donors (Lipinski definition) is 3. The van der Waals surface area contributed by atoms with Crippen LogP contribution in [-0.2, 0) is 14.8 Å². The van der Waals surface area contributed by atoms with Crippen LogP contribution in [0, 0.1) is 0 Å². The van der Waals surface area contributed by atoms with Gasteiger partial charge >= 0.3 is 6.18 Å². The van der Waals surface area contributed by atoms with Gasteiger partial charge in [0, 0.05) is 13.1 Å². The van der Waals surface area contributed by atoms with E-state index in [-0.39, 0.29) is 42.0 Å². The topological polar surface area (TPSA) is 107 Å². The number of nitrogens with one attached hydrogen (secondary N) is 1. The molecule has 1 fully saturated rings. The van der Waals surface area contributed by atoms with Crippen LogP contribution in [0.5, 0.6) is 0 Å². The van der Waals surface area contributed by atoms with Crippen LogP contribution in [0.15, 0.2) is 23.1 Å². The smallest absolute Gasteiger partial charge is 0.392 e. The Hall–Kier alpha value is -1.40. The van der Waals surface area contributed by atoms with E-state index in [1.807, 2.05) is 5.32 Å². The first-order chi connectivity index (χ1) is 11.8. The number of rotatable bonds is 4. The Morgan fingerprint density at radius 3 is 2.46 bits per heavy atom. The molecule has 1 unspecified atom stereocenters. The fourth-order valence-electron chi connectivity index (χ4n) is 2.21. The van der Waals surface area contributed by atoms with Crippen molar-refractivity contribution in [2.24, 2.45) is 0 Å². The number of sulfonamides is 1. The van der Waals surface area contributed by atoms with Crippen molar-refractivity contribution in [3.63, 3.8) is 0 Å². The largest absolute Gasteiger partial charge is 0.426 e. The first-order valence-electron chi connectivity index (χ1n) is 7.35. The molecular weight excluding hydrogens is 401 g/mol. The summed E-state index contributed by atoms with van der Waals surface area (Å²) in [6, 6.07) is 3.05. The van der Waals surface area contributed by atoms with Crippen molar-refractivity contribution in [1.29, 1.82) is 0 Å². The van der Waals surface area contributed by atoms with E-state index in [9.17, 15) is 36.6 Å². The lowest BCUT2D eigenvalue weighted by Gasteiger charge is -2.25. The Bertz CT molecular complexity index is 813. The highest BCUT2D eigenvalue weighted by Crippen LogP contribution is 2.33. The van der Waals surface area contributed by atoms with Crippen LogP contribution < -0.4 is 5.32 Å². The maximum Gasteiger partial charge on any atom is 0.426 e. The van der Waals surface area contributed by atoms with E-state index >= 15 is 0 Å². The molecule has 2 atom stereocenters. The fraction of sp³-hybridized carbons (Fsp3) is 0.500. The zero-order chi connectivity index (χ0) is 19.9. The highest BCUT2D eigenvalue weighted by atomic mass is 35.5. The molecule has 3 N–H and O–H groups in total. The molecule has 1 aromatic carbocycles. The van der Waals surface area contributed by atoms with E-state index in [0.29, 0.717) is 0 Å². The second kappa shape index (κ2) is 6.97. The van der Waals surface area contributed by atoms with Crippen LogP contribution in [0.3, 0.4) is 0 Å². The summed E-state index contributed by atoms with van der Waals surface area (Å²) in [5.74, 6) is -1.76. The number of anilines is 1. The number of carbonyl (C=O) groups excluding carboxylic acids is 1. The number of alkyl halides is 3. The third-order valence-corrected chi connectivity index (χ3v) is 6.12. The Labute approximate surface area is 152 Å². The molecule has 1 amide bonds. The number of aliphatic hydroxyl groups excluding tert-OH is 1. The Kier molecular flexibility index (Phi) is 5.60. The van der Waals surface area contributed by atoms with Crippen molar-refractivity contribution in [2.75, 3.05) is 18.4 Å². The Morgan fingerprint density at radius 1 is 1.38 bits per heavy atom. The van der Waals surface area contributed by atoms with Crippen LogP contribution in [0.2, 0.25) is 5.02 Å². The zero-order valence-corrected chi connectivity index (χ0v) is 15.0. The van der Waals surface area contributed by atoms with Crippen molar-refractivity contribution in [3.05, 3.63) is 23.2 Å². The van der Waals surface area contributed by atoms with Gasteiger partial charge in [-0.1, -0.05) is 11.6 Å². The molecule has 0 aromatic heterocycles. The minimum atomic E-state index is -5.20. The van der Waals surface area contributed by atoms with E-state index in [4.69, 9.17) is 11.6 Å². The number of aliphatic hydroxyl groups is 2. The summed E-state index contributed by atoms with van der Waals surface area (Å²) < 4.78 is 63.9. The number of benzene rings is 1. The number of β-amino-alcohol motifs (C(OH)–C–C–N with tert-alkyl or cyclic N) is 1. The number of carbonyl (C=O) groups is 1. The van der Waals surface area contributed by atoms with Crippen LogP contribution >= 0.6 is 11.6 Å². The number of nitrogens with zero attached hydrogens (tertiary/aromatic N) is 1. The molecule has 1 aliphatic rings. The third-order valence-electron chi connectivity index (χ3n) is 3.95. The van der Waals surface area contributed by atoms with E-state index in [1.54, 1.807) is 0 Å². The lowest BCUT2D eigenvalue weighted by Crippen LogP contribution is -2.52. The lowest BCUT2D eigenvalue weighted by atomic mass is 10.1. The minimum absolute atomic E-state index is 0.0765. The first-order valence-corrected chi connectivity index (χ1v) is 9.17. The SMILES string of the molecule is C[C@@](O)(C(=O)Nc1ccc(S(=O)(=O)N2CCC(O)C2)cc1Cl)C(F)(F)F. The van der Waals surface area contributed by atoms with Gasteiger partial charge in [0.05, 0.1) is 21.7 Å². The van der Waals surface area contributed by atoms with Crippen molar-refractivity contribution >= 4 is 33.2 Å². The molecule has 1 aliphatic heterocycles. The Morgan fingerprint density at radius 2 is 2.00 bits per heavy atom. The predicted octanol–water partition coefficient (Wildman–Crippen LogP) is 1.35. The molecule has 0 aliphatic carbocycles. The molecule has 146 valence electrons. The van der Waals surface area contributed by atoms with Gasteiger partial charge in [0.1, 0.15) is 0 Å². The van der Waals surface area contributed by atoms with Gasteiger partial charge in [-0.25, -0.2) is 8.42 Å². The average molecular weight is 417 g/mol.